The quantitative estimate of drug-likeness (QED) is 0.198. The number of likely N-dealkylation sites (N-methyl/N-ethyl adjacent to an activating group) is 1. The molecule has 0 spiro atoms. The Balaban J connectivity index is 0.00000729. The van der Waals surface area contributed by atoms with Gasteiger partial charge in [0.2, 0.25) is 5.91 Å². The molecule has 0 unspecified atom stereocenters. The second kappa shape index (κ2) is 17.5. The Bertz CT molecular complexity index is 392. The van der Waals surface area contributed by atoms with Crippen molar-refractivity contribution in [1.29, 1.82) is 0 Å². The fourth-order valence-electron chi connectivity index (χ4n) is 4.21. The first-order chi connectivity index (χ1) is 13.1. The number of quaternary nitrogens is 1. The molecule has 166 valence electrons. The van der Waals surface area contributed by atoms with Gasteiger partial charge in [-0.05, 0) is 18.9 Å². The van der Waals surface area contributed by atoms with Crippen LogP contribution in [0.3, 0.4) is 0 Å². The first-order valence-corrected chi connectivity index (χ1v) is 11.9. The number of carbonyl (C=O) groups excluding carboxylic acids is 1. The molecule has 0 saturated carbocycles. The molecule has 3 nitrogen and oxygen atoms in total. The Morgan fingerprint density at radius 1 is 0.821 bits per heavy atom. The van der Waals surface area contributed by atoms with Crippen molar-refractivity contribution in [3.8, 4) is 0 Å². The molecule has 0 aliphatic carbocycles. The van der Waals surface area contributed by atoms with E-state index in [0.29, 0.717) is 0 Å². The molecule has 1 aliphatic rings. The zero-order valence-corrected chi connectivity index (χ0v) is 20.5. The van der Waals surface area contributed by atoms with E-state index < -0.39 is 0 Å². The van der Waals surface area contributed by atoms with Gasteiger partial charge in [0.25, 0.3) is 0 Å². The molecule has 0 aromatic heterocycles. The number of unbranched alkanes of at least 4 members (excludes halogenated alkanes) is 13. The van der Waals surface area contributed by atoms with Gasteiger partial charge in [0.15, 0.2) is 0 Å². The van der Waals surface area contributed by atoms with Crippen LogP contribution < -0.4 is 17.0 Å². The maximum Gasteiger partial charge on any atom is 0.246 e. The van der Waals surface area contributed by atoms with E-state index in [1.807, 2.05) is 4.90 Å². The number of nitrogens with zero attached hydrogens (tertiary/aromatic N) is 2. The average Bonchev–Trinajstić information content (AvgIpc) is 2.68. The second-order valence-electron chi connectivity index (χ2n) is 8.92. The van der Waals surface area contributed by atoms with Gasteiger partial charge in [-0.15, -0.1) is 0 Å². The molecule has 0 aromatic rings. The summed E-state index contributed by atoms with van der Waals surface area (Å²) in [6, 6.07) is 0. The summed E-state index contributed by atoms with van der Waals surface area (Å²) in [6.07, 6.45) is 21.3. The summed E-state index contributed by atoms with van der Waals surface area (Å²) < 4.78 is 1.14. The highest BCUT2D eigenvalue weighted by Gasteiger charge is 2.29. The summed E-state index contributed by atoms with van der Waals surface area (Å²) >= 11 is 0. The lowest BCUT2D eigenvalue weighted by molar-refractivity contribution is -0.913. The zero-order valence-electron chi connectivity index (χ0n) is 18.9. The SMILES string of the molecule is C=CC(=O)N1CC[N+](C)(CCCCCCCCCCCCCCCC)CC1.[Br-]. The van der Waals surface area contributed by atoms with E-state index in [1.54, 1.807) is 0 Å². The van der Waals surface area contributed by atoms with Gasteiger partial charge in [-0.2, -0.15) is 0 Å². The highest BCUT2D eigenvalue weighted by Crippen LogP contribution is 2.15. The van der Waals surface area contributed by atoms with E-state index in [9.17, 15) is 4.79 Å². The van der Waals surface area contributed by atoms with Crippen molar-refractivity contribution in [3.63, 3.8) is 0 Å². The zero-order chi connectivity index (χ0) is 19.8. The summed E-state index contributed by atoms with van der Waals surface area (Å²) in [5.41, 5.74) is 0. The number of piperazine rings is 1. The summed E-state index contributed by atoms with van der Waals surface area (Å²) in [4.78, 5) is 13.6. The fraction of sp³-hybridized carbons (Fsp3) is 0.875. The van der Waals surface area contributed by atoms with Crippen LogP contribution in [0.2, 0.25) is 0 Å². The molecule has 1 fully saturated rings. The molecule has 0 atom stereocenters. The lowest BCUT2D eigenvalue weighted by atomic mass is 10.0. The van der Waals surface area contributed by atoms with Gasteiger partial charge in [-0.1, -0.05) is 90.6 Å². The molecular formula is C24H47BrN2O. The van der Waals surface area contributed by atoms with Crippen molar-refractivity contribution in [1.82, 2.24) is 4.90 Å². The number of hydrogen-bond donors (Lipinski definition) is 0. The Morgan fingerprint density at radius 2 is 1.21 bits per heavy atom. The van der Waals surface area contributed by atoms with Crippen molar-refractivity contribution in [2.24, 2.45) is 0 Å². The lowest BCUT2D eigenvalue weighted by Gasteiger charge is -2.42. The van der Waals surface area contributed by atoms with Gasteiger partial charge in [-0.25, -0.2) is 0 Å². The predicted octanol–water partition coefficient (Wildman–Crippen LogP) is 2.95. The topological polar surface area (TPSA) is 20.3 Å². The van der Waals surface area contributed by atoms with Gasteiger partial charge in [-0.3, -0.25) is 4.79 Å². The largest absolute Gasteiger partial charge is 1.00 e. The van der Waals surface area contributed by atoms with Crippen LogP contribution in [0.5, 0.6) is 0 Å². The monoisotopic (exact) mass is 458 g/mol. The first-order valence-electron chi connectivity index (χ1n) is 11.9. The summed E-state index contributed by atoms with van der Waals surface area (Å²) in [5.74, 6) is 0.0951. The van der Waals surface area contributed by atoms with Crippen molar-refractivity contribution >= 4 is 5.91 Å². The number of carbonyl (C=O) groups is 1. The molecule has 0 N–H and O–H groups in total. The second-order valence-corrected chi connectivity index (χ2v) is 8.92. The Morgan fingerprint density at radius 3 is 1.61 bits per heavy atom. The standard InChI is InChI=1S/C24H47N2O.BrH/c1-4-6-7-8-9-10-11-12-13-14-15-16-17-18-21-26(3)22-19-25(20-23-26)24(27)5-2;/h5H,2,4,6-23H2,1,3H3;1H/q+1;/p-1. The third kappa shape index (κ3) is 13.0. The highest BCUT2D eigenvalue weighted by atomic mass is 79.9. The van der Waals surface area contributed by atoms with Gasteiger partial charge in [0, 0.05) is 0 Å². The van der Waals surface area contributed by atoms with Crippen molar-refractivity contribution in [2.75, 3.05) is 39.8 Å². The van der Waals surface area contributed by atoms with Gasteiger partial charge >= 0.3 is 0 Å². The lowest BCUT2D eigenvalue weighted by Crippen LogP contribution is -3.00. The molecule has 28 heavy (non-hydrogen) atoms. The van der Waals surface area contributed by atoms with Gasteiger partial charge in [0.1, 0.15) is 0 Å². The van der Waals surface area contributed by atoms with Crippen molar-refractivity contribution in [3.05, 3.63) is 12.7 Å². The van der Waals surface area contributed by atoms with Crippen molar-refractivity contribution in [2.45, 2.75) is 96.8 Å². The van der Waals surface area contributed by atoms with Crippen LogP contribution in [0, 0.1) is 0 Å². The number of amides is 1. The molecule has 0 aromatic carbocycles. The third-order valence-corrected chi connectivity index (χ3v) is 6.36. The Hall–Kier alpha value is -0.350. The van der Waals surface area contributed by atoms with Crippen LogP contribution in [-0.2, 0) is 4.79 Å². The van der Waals surface area contributed by atoms with E-state index >= 15 is 0 Å². The molecule has 4 heteroatoms. The fourth-order valence-corrected chi connectivity index (χ4v) is 4.21. The maximum atomic E-state index is 11.7. The van der Waals surface area contributed by atoms with Crippen LogP contribution >= 0.6 is 0 Å². The number of rotatable bonds is 16. The smallest absolute Gasteiger partial charge is 0.246 e. The van der Waals surface area contributed by atoms with Crippen LogP contribution in [0.1, 0.15) is 96.8 Å². The Kier molecular flexibility index (Phi) is 17.3. The van der Waals surface area contributed by atoms with Crippen LogP contribution in [-0.4, -0.2) is 55.1 Å². The van der Waals surface area contributed by atoms with E-state index in [4.69, 9.17) is 0 Å². The van der Waals surface area contributed by atoms with Gasteiger partial charge < -0.3 is 26.4 Å². The van der Waals surface area contributed by atoms with E-state index in [-0.39, 0.29) is 22.9 Å². The van der Waals surface area contributed by atoms with Gasteiger partial charge in [0.05, 0.1) is 39.8 Å². The summed E-state index contributed by atoms with van der Waals surface area (Å²) in [7, 11) is 2.36. The molecule has 1 amide bonds. The molecule has 1 heterocycles. The normalized spacial score (nSPS) is 15.9. The summed E-state index contributed by atoms with van der Waals surface area (Å²) in [6.45, 7) is 11.1. The highest BCUT2D eigenvalue weighted by molar-refractivity contribution is 5.87. The molecule has 1 saturated heterocycles. The Labute approximate surface area is 186 Å². The molecule has 1 rings (SSSR count). The van der Waals surface area contributed by atoms with E-state index in [2.05, 4.69) is 20.6 Å². The van der Waals surface area contributed by atoms with E-state index in [1.165, 1.54) is 103 Å². The minimum atomic E-state index is 0. The van der Waals surface area contributed by atoms with Crippen molar-refractivity contribution < 1.29 is 26.3 Å². The number of halogens is 1. The third-order valence-electron chi connectivity index (χ3n) is 6.36. The van der Waals surface area contributed by atoms with Crippen LogP contribution in [0.4, 0.5) is 0 Å². The van der Waals surface area contributed by atoms with Crippen LogP contribution in [0.15, 0.2) is 12.7 Å². The minimum absolute atomic E-state index is 0. The maximum absolute atomic E-state index is 11.7. The van der Waals surface area contributed by atoms with E-state index in [0.717, 1.165) is 30.7 Å². The molecule has 0 bridgehead atoms. The first kappa shape index (κ1) is 27.6. The molecule has 1 aliphatic heterocycles. The number of hydrogen-bond acceptors (Lipinski definition) is 1. The average molecular weight is 460 g/mol. The summed E-state index contributed by atoms with van der Waals surface area (Å²) in [5, 5.41) is 0. The molecule has 0 radical (unpaired) electrons. The molecular weight excluding hydrogens is 412 g/mol. The minimum Gasteiger partial charge on any atom is -1.00 e. The van der Waals surface area contributed by atoms with Crippen LogP contribution in [0.25, 0.3) is 0 Å². The predicted molar refractivity (Wildman–Crippen MR) is 118 cm³/mol.